The molecule has 3 rings (SSSR count). The van der Waals surface area contributed by atoms with Crippen LogP contribution in [-0.4, -0.2) is 17.6 Å². The molecule has 17 heavy (non-hydrogen) atoms. The molecule has 1 saturated carbocycles. The lowest BCUT2D eigenvalue weighted by atomic mass is 9.91. The fourth-order valence-electron chi connectivity index (χ4n) is 3.47. The molecular formula is C14H17N3. The Bertz CT molecular complexity index is 449. The highest BCUT2D eigenvalue weighted by atomic mass is 15.2. The molecule has 1 aliphatic carbocycles. The predicted molar refractivity (Wildman–Crippen MR) is 66.7 cm³/mol. The molecular weight excluding hydrogens is 210 g/mol. The summed E-state index contributed by atoms with van der Waals surface area (Å²) in [4.78, 5) is 6.62. The van der Waals surface area contributed by atoms with E-state index in [-0.39, 0.29) is 0 Å². The minimum atomic E-state index is 0.583. The first-order valence-electron chi connectivity index (χ1n) is 6.52. The molecule has 2 aliphatic rings. The Morgan fingerprint density at radius 3 is 3.06 bits per heavy atom. The van der Waals surface area contributed by atoms with Gasteiger partial charge in [-0.15, -0.1) is 0 Å². The maximum absolute atomic E-state index is 9.15. The van der Waals surface area contributed by atoms with Gasteiger partial charge < -0.3 is 4.90 Å². The van der Waals surface area contributed by atoms with Crippen molar-refractivity contribution in [3.05, 3.63) is 24.0 Å². The van der Waals surface area contributed by atoms with Gasteiger partial charge in [-0.05, 0) is 43.7 Å². The normalized spacial score (nSPS) is 27.6. The largest absolute Gasteiger partial charge is 0.366 e. The van der Waals surface area contributed by atoms with Gasteiger partial charge in [0, 0.05) is 18.8 Å². The molecule has 0 bridgehead atoms. The van der Waals surface area contributed by atoms with Crippen molar-refractivity contribution < 1.29 is 0 Å². The SMILES string of the molecule is N#Cc1ncccc1N1CCCC2CCCC21. The molecule has 0 spiro atoms. The van der Waals surface area contributed by atoms with E-state index in [4.69, 9.17) is 5.26 Å². The van der Waals surface area contributed by atoms with Crippen LogP contribution < -0.4 is 4.90 Å². The van der Waals surface area contributed by atoms with Gasteiger partial charge in [0.25, 0.3) is 0 Å². The fourth-order valence-corrected chi connectivity index (χ4v) is 3.47. The first-order valence-corrected chi connectivity index (χ1v) is 6.52. The molecule has 1 aliphatic heterocycles. The fraction of sp³-hybridized carbons (Fsp3) is 0.571. The standard InChI is InChI=1S/C14H17N3/c15-10-12-14(7-2-8-16-12)17-9-3-5-11-4-1-6-13(11)17/h2,7-8,11,13H,1,3-6,9H2. The lowest BCUT2D eigenvalue weighted by molar-refractivity contribution is 0.362. The summed E-state index contributed by atoms with van der Waals surface area (Å²) in [6.45, 7) is 1.08. The molecule has 3 heteroatoms. The van der Waals surface area contributed by atoms with Crippen molar-refractivity contribution in [2.75, 3.05) is 11.4 Å². The summed E-state index contributed by atoms with van der Waals surface area (Å²) in [5.41, 5.74) is 1.63. The van der Waals surface area contributed by atoms with E-state index in [9.17, 15) is 0 Å². The van der Waals surface area contributed by atoms with Gasteiger partial charge in [-0.2, -0.15) is 5.26 Å². The number of piperidine rings is 1. The predicted octanol–water partition coefficient (Wildman–Crippen LogP) is 2.72. The van der Waals surface area contributed by atoms with Crippen molar-refractivity contribution in [2.45, 2.75) is 38.1 Å². The van der Waals surface area contributed by atoms with Gasteiger partial charge >= 0.3 is 0 Å². The van der Waals surface area contributed by atoms with Gasteiger partial charge in [0.15, 0.2) is 5.69 Å². The lowest BCUT2D eigenvalue weighted by Crippen LogP contribution is -2.43. The number of fused-ring (bicyclic) bond motifs is 1. The summed E-state index contributed by atoms with van der Waals surface area (Å²) in [6, 6.07) is 6.86. The van der Waals surface area contributed by atoms with Crippen LogP contribution in [0, 0.1) is 17.2 Å². The number of hydrogen-bond acceptors (Lipinski definition) is 3. The number of rotatable bonds is 1. The van der Waals surface area contributed by atoms with Crippen LogP contribution in [0.1, 0.15) is 37.8 Å². The van der Waals surface area contributed by atoms with E-state index < -0.39 is 0 Å². The van der Waals surface area contributed by atoms with Crippen molar-refractivity contribution in [3.63, 3.8) is 0 Å². The third-order valence-corrected chi connectivity index (χ3v) is 4.19. The Kier molecular flexibility index (Phi) is 2.72. The van der Waals surface area contributed by atoms with E-state index in [0.29, 0.717) is 11.7 Å². The minimum Gasteiger partial charge on any atom is -0.366 e. The highest BCUT2D eigenvalue weighted by molar-refractivity contribution is 5.57. The molecule has 2 atom stereocenters. The van der Waals surface area contributed by atoms with Crippen LogP contribution in [0.5, 0.6) is 0 Å². The Balaban J connectivity index is 1.95. The highest BCUT2D eigenvalue weighted by Crippen LogP contribution is 2.39. The molecule has 1 aromatic heterocycles. The molecule has 0 N–H and O–H groups in total. The third kappa shape index (κ3) is 1.78. The first kappa shape index (κ1) is 10.6. The van der Waals surface area contributed by atoms with Gasteiger partial charge in [0.1, 0.15) is 6.07 Å². The summed E-state index contributed by atoms with van der Waals surface area (Å²) in [7, 11) is 0. The van der Waals surface area contributed by atoms with E-state index in [2.05, 4.69) is 16.0 Å². The van der Waals surface area contributed by atoms with Crippen LogP contribution in [0.15, 0.2) is 18.3 Å². The van der Waals surface area contributed by atoms with Crippen LogP contribution in [0.2, 0.25) is 0 Å². The van der Waals surface area contributed by atoms with Crippen molar-refractivity contribution in [1.29, 1.82) is 5.26 Å². The molecule has 88 valence electrons. The molecule has 0 aromatic carbocycles. The van der Waals surface area contributed by atoms with Crippen LogP contribution in [-0.2, 0) is 0 Å². The van der Waals surface area contributed by atoms with Gasteiger partial charge in [-0.1, -0.05) is 6.42 Å². The van der Waals surface area contributed by atoms with E-state index in [1.165, 1.54) is 32.1 Å². The Morgan fingerprint density at radius 1 is 1.29 bits per heavy atom. The average molecular weight is 227 g/mol. The van der Waals surface area contributed by atoms with Crippen LogP contribution in [0.4, 0.5) is 5.69 Å². The van der Waals surface area contributed by atoms with E-state index >= 15 is 0 Å². The van der Waals surface area contributed by atoms with Crippen LogP contribution in [0.3, 0.4) is 0 Å². The van der Waals surface area contributed by atoms with Gasteiger partial charge in [0.2, 0.25) is 0 Å². The van der Waals surface area contributed by atoms with Crippen LogP contribution >= 0.6 is 0 Å². The Morgan fingerprint density at radius 2 is 2.18 bits per heavy atom. The second kappa shape index (κ2) is 4.37. The summed E-state index contributed by atoms with van der Waals surface area (Å²) in [6.07, 6.45) is 8.31. The number of nitriles is 1. The van der Waals surface area contributed by atoms with Crippen LogP contribution in [0.25, 0.3) is 0 Å². The van der Waals surface area contributed by atoms with Crippen molar-refractivity contribution in [3.8, 4) is 6.07 Å². The monoisotopic (exact) mass is 227 g/mol. The molecule has 0 amide bonds. The molecule has 1 saturated heterocycles. The number of aromatic nitrogens is 1. The highest BCUT2D eigenvalue weighted by Gasteiger charge is 2.35. The quantitative estimate of drug-likeness (QED) is 0.740. The number of anilines is 1. The van der Waals surface area contributed by atoms with Crippen molar-refractivity contribution >= 4 is 5.69 Å². The summed E-state index contributed by atoms with van der Waals surface area (Å²) < 4.78 is 0. The molecule has 0 radical (unpaired) electrons. The maximum atomic E-state index is 9.15. The number of pyridine rings is 1. The second-order valence-electron chi connectivity index (χ2n) is 5.08. The number of nitrogens with zero attached hydrogens (tertiary/aromatic N) is 3. The Labute approximate surface area is 102 Å². The second-order valence-corrected chi connectivity index (χ2v) is 5.08. The van der Waals surface area contributed by atoms with Gasteiger partial charge in [0.05, 0.1) is 5.69 Å². The molecule has 1 aromatic rings. The number of hydrogen-bond donors (Lipinski definition) is 0. The van der Waals surface area contributed by atoms with Crippen molar-refractivity contribution in [1.82, 2.24) is 4.98 Å². The maximum Gasteiger partial charge on any atom is 0.163 e. The van der Waals surface area contributed by atoms with Gasteiger partial charge in [-0.3, -0.25) is 0 Å². The summed E-state index contributed by atoms with van der Waals surface area (Å²) in [5.74, 6) is 0.843. The third-order valence-electron chi connectivity index (χ3n) is 4.19. The molecule has 3 nitrogen and oxygen atoms in total. The first-order chi connectivity index (χ1) is 8.40. The average Bonchev–Trinajstić information content (AvgIpc) is 2.86. The van der Waals surface area contributed by atoms with Crippen molar-refractivity contribution in [2.24, 2.45) is 5.92 Å². The van der Waals surface area contributed by atoms with Gasteiger partial charge in [-0.25, -0.2) is 4.98 Å². The minimum absolute atomic E-state index is 0.583. The summed E-state index contributed by atoms with van der Waals surface area (Å²) in [5, 5.41) is 9.15. The summed E-state index contributed by atoms with van der Waals surface area (Å²) >= 11 is 0. The topological polar surface area (TPSA) is 39.9 Å². The lowest BCUT2D eigenvalue weighted by Gasteiger charge is -2.39. The smallest absolute Gasteiger partial charge is 0.163 e. The van der Waals surface area contributed by atoms with E-state index in [0.717, 1.165) is 18.2 Å². The zero-order valence-electron chi connectivity index (χ0n) is 9.97. The Hall–Kier alpha value is -1.56. The zero-order valence-corrected chi connectivity index (χ0v) is 9.97. The zero-order chi connectivity index (χ0) is 11.7. The molecule has 2 fully saturated rings. The molecule has 2 heterocycles. The molecule has 2 unspecified atom stereocenters. The van der Waals surface area contributed by atoms with E-state index in [1.54, 1.807) is 6.20 Å². The van der Waals surface area contributed by atoms with E-state index in [1.807, 2.05) is 12.1 Å².